The van der Waals surface area contributed by atoms with Gasteiger partial charge in [0.25, 0.3) is 11.6 Å². The quantitative estimate of drug-likeness (QED) is 0.588. The summed E-state index contributed by atoms with van der Waals surface area (Å²) in [5, 5.41) is 14.2. The molecule has 0 aliphatic heterocycles. The van der Waals surface area contributed by atoms with Crippen molar-refractivity contribution in [3.8, 4) is 0 Å². The maximum Gasteiger partial charge on any atom is 0.344 e. The minimum atomic E-state index is -0.657. The van der Waals surface area contributed by atoms with Crippen molar-refractivity contribution >= 4 is 28.1 Å². The van der Waals surface area contributed by atoms with E-state index in [1.165, 1.54) is 30.3 Å². The molecule has 7 nitrogen and oxygen atoms in total. The lowest BCUT2D eigenvalue weighted by Gasteiger charge is -2.05. The van der Waals surface area contributed by atoms with E-state index in [0.717, 1.165) is 5.56 Å². The minimum Gasteiger partial charge on any atom is -0.417 e. The van der Waals surface area contributed by atoms with Crippen LogP contribution in [0.2, 0.25) is 0 Å². The van der Waals surface area contributed by atoms with Crippen molar-refractivity contribution in [2.75, 3.05) is 5.32 Å². The zero-order valence-electron chi connectivity index (χ0n) is 12.6. The molecule has 3 aromatic rings. The summed E-state index contributed by atoms with van der Waals surface area (Å²) in [5.41, 5.74) is 0.382. The van der Waals surface area contributed by atoms with Gasteiger partial charge in [-0.2, -0.15) is 0 Å². The van der Waals surface area contributed by atoms with Crippen LogP contribution in [0.15, 0.2) is 57.7 Å². The molecule has 0 unspecified atom stereocenters. The molecule has 2 aromatic carbocycles. The van der Waals surface area contributed by atoms with Crippen LogP contribution >= 0.6 is 0 Å². The molecule has 0 atom stereocenters. The first kappa shape index (κ1) is 15.4. The summed E-state index contributed by atoms with van der Waals surface area (Å²) in [6.07, 6.45) is 0. The highest BCUT2D eigenvalue weighted by molar-refractivity contribution is 6.04. The number of carbonyl (C=O) groups is 1. The van der Waals surface area contributed by atoms with Gasteiger partial charge in [0, 0.05) is 17.8 Å². The van der Waals surface area contributed by atoms with Gasteiger partial charge in [-0.05, 0) is 30.5 Å². The molecule has 1 aromatic heterocycles. The van der Waals surface area contributed by atoms with E-state index in [9.17, 15) is 19.7 Å². The van der Waals surface area contributed by atoms with Crippen LogP contribution in [0.25, 0.3) is 10.8 Å². The minimum absolute atomic E-state index is 0.150. The molecule has 0 radical (unpaired) electrons. The molecule has 0 aliphatic rings. The Morgan fingerprint density at radius 2 is 1.96 bits per heavy atom. The van der Waals surface area contributed by atoms with E-state index >= 15 is 0 Å². The molecule has 0 spiro atoms. The summed E-state index contributed by atoms with van der Waals surface area (Å²) in [5.74, 6) is -0.821. The molecule has 0 fully saturated rings. The highest BCUT2D eigenvalue weighted by atomic mass is 16.6. The Kier molecular flexibility index (Phi) is 3.83. The van der Waals surface area contributed by atoms with Gasteiger partial charge in [0.15, 0.2) is 5.76 Å². The van der Waals surface area contributed by atoms with Gasteiger partial charge in [-0.15, -0.1) is 0 Å². The molecule has 1 amide bonds. The molecule has 0 saturated heterocycles. The first-order valence-electron chi connectivity index (χ1n) is 7.04. The van der Waals surface area contributed by atoms with Crippen molar-refractivity contribution in [3.05, 3.63) is 80.4 Å². The first-order valence-corrected chi connectivity index (χ1v) is 7.04. The summed E-state index contributed by atoms with van der Waals surface area (Å²) in [4.78, 5) is 34.5. The summed E-state index contributed by atoms with van der Waals surface area (Å²) < 4.78 is 5.06. The average molecular weight is 324 g/mol. The number of nitrogens with one attached hydrogen (secondary N) is 1. The van der Waals surface area contributed by atoms with Crippen molar-refractivity contribution in [1.82, 2.24) is 0 Å². The fraction of sp³-hybridized carbons (Fsp3) is 0.0588. The van der Waals surface area contributed by atoms with E-state index in [-0.39, 0.29) is 17.1 Å². The van der Waals surface area contributed by atoms with E-state index in [0.29, 0.717) is 10.8 Å². The lowest BCUT2D eigenvalue weighted by atomic mass is 10.1. The summed E-state index contributed by atoms with van der Waals surface area (Å²) in [6, 6.07) is 12.2. The van der Waals surface area contributed by atoms with Crippen molar-refractivity contribution < 1.29 is 14.1 Å². The van der Waals surface area contributed by atoms with E-state index in [1.807, 2.05) is 13.0 Å². The predicted molar refractivity (Wildman–Crippen MR) is 88.3 cm³/mol. The molecular weight excluding hydrogens is 312 g/mol. The second-order valence-corrected chi connectivity index (χ2v) is 5.25. The zero-order valence-corrected chi connectivity index (χ0v) is 12.6. The number of hydrogen-bond acceptors (Lipinski definition) is 5. The fourth-order valence-corrected chi connectivity index (χ4v) is 2.30. The maximum absolute atomic E-state index is 12.2. The Morgan fingerprint density at radius 3 is 2.71 bits per heavy atom. The first-order chi connectivity index (χ1) is 11.4. The van der Waals surface area contributed by atoms with Crippen LogP contribution < -0.4 is 10.9 Å². The number of rotatable bonds is 3. The molecule has 1 heterocycles. The third kappa shape index (κ3) is 3.00. The Hall–Kier alpha value is -3.48. The lowest BCUT2D eigenvalue weighted by Crippen LogP contribution is -2.15. The number of non-ortho nitro benzene ring substituents is 1. The number of benzene rings is 2. The third-order valence-corrected chi connectivity index (χ3v) is 3.46. The SMILES string of the molecule is Cc1ccc2cc(C(=O)Nc3cccc([N+](=O)[O-])c3)oc(=O)c2c1. The normalized spacial score (nSPS) is 10.5. The van der Waals surface area contributed by atoms with Gasteiger partial charge < -0.3 is 9.73 Å². The molecule has 0 aliphatic carbocycles. The van der Waals surface area contributed by atoms with Gasteiger partial charge in [0.2, 0.25) is 0 Å². The van der Waals surface area contributed by atoms with Crippen LogP contribution in [0.4, 0.5) is 11.4 Å². The maximum atomic E-state index is 12.2. The number of nitrogens with zero attached hydrogens (tertiary/aromatic N) is 1. The number of aryl methyl sites for hydroxylation is 1. The monoisotopic (exact) mass is 324 g/mol. The average Bonchev–Trinajstić information content (AvgIpc) is 2.55. The number of nitro groups is 1. The molecular formula is C17H12N2O5. The van der Waals surface area contributed by atoms with Crippen LogP contribution in [0.5, 0.6) is 0 Å². The molecule has 7 heteroatoms. The predicted octanol–water partition coefficient (Wildman–Crippen LogP) is 3.26. The second kappa shape index (κ2) is 5.96. The highest BCUT2D eigenvalue weighted by Crippen LogP contribution is 2.19. The van der Waals surface area contributed by atoms with Crippen LogP contribution in [0.1, 0.15) is 16.1 Å². The van der Waals surface area contributed by atoms with Gasteiger partial charge in [0.05, 0.1) is 10.3 Å². The van der Waals surface area contributed by atoms with Gasteiger partial charge in [0.1, 0.15) is 0 Å². The zero-order chi connectivity index (χ0) is 17.3. The second-order valence-electron chi connectivity index (χ2n) is 5.25. The number of nitro benzene ring substituents is 1. The largest absolute Gasteiger partial charge is 0.417 e. The Balaban J connectivity index is 1.94. The van der Waals surface area contributed by atoms with Crippen LogP contribution in [0.3, 0.4) is 0 Å². The Morgan fingerprint density at radius 1 is 1.17 bits per heavy atom. The van der Waals surface area contributed by atoms with Crippen LogP contribution in [0, 0.1) is 17.0 Å². The molecule has 3 rings (SSSR count). The smallest absolute Gasteiger partial charge is 0.344 e. The van der Waals surface area contributed by atoms with Crippen LogP contribution in [-0.2, 0) is 0 Å². The van der Waals surface area contributed by atoms with E-state index in [1.54, 1.807) is 12.1 Å². The topological polar surface area (TPSA) is 102 Å². The number of carbonyl (C=O) groups excluding carboxylic acids is 1. The molecule has 120 valence electrons. The number of anilines is 1. The van der Waals surface area contributed by atoms with Crippen molar-refractivity contribution in [1.29, 1.82) is 0 Å². The summed E-state index contributed by atoms with van der Waals surface area (Å²) in [7, 11) is 0. The molecule has 0 bridgehead atoms. The molecule has 24 heavy (non-hydrogen) atoms. The molecule has 0 saturated carbocycles. The van der Waals surface area contributed by atoms with Crippen molar-refractivity contribution in [2.24, 2.45) is 0 Å². The van der Waals surface area contributed by atoms with E-state index < -0.39 is 16.5 Å². The lowest BCUT2D eigenvalue weighted by molar-refractivity contribution is -0.384. The van der Waals surface area contributed by atoms with Gasteiger partial charge in [-0.3, -0.25) is 14.9 Å². The third-order valence-electron chi connectivity index (χ3n) is 3.46. The number of amides is 1. The standard InChI is InChI=1S/C17H12N2O5/c1-10-5-6-11-8-15(24-17(21)14(11)7-10)16(20)18-12-3-2-4-13(9-12)19(22)23/h2-9H,1H3,(H,18,20). The summed E-state index contributed by atoms with van der Waals surface area (Å²) >= 11 is 0. The van der Waals surface area contributed by atoms with E-state index in [2.05, 4.69) is 5.32 Å². The van der Waals surface area contributed by atoms with Crippen molar-refractivity contribution in [3.63, 3.8) is 0 Å². The van der Waals surface area contributed by atoms with Gasteiger partial charge in [-0.25, -0.2) is 4.79 Å². The summed E-state index contributed by atoms with van der Waals surface area (Å²) in [6.45, 7) is 1.85. The van der Waals surface area contributed by atoms with Crippen molar-refractivity contribution in [2.45, 2.75) is 6.92 Å². The van der Waals surface area contributed by atoms with Crippen LogP contribution in [-0.4, -0.2) is 10.8 Å². The van der Waals surface area contributed by atoms with Gasteiger partial charge >= 0.3 is 5.63 Å². The Bertz CT molecular complexity index is 1020. The Labute approximate surface area is 135 Å². The molecule has 1 N–H and O–H groups in total. The van der Waals surface area contributed by atoms with Gasteiger partial charge in [-0.1, -0.05) is 23.8 Å². The highest BCUT2D eigenvalue weighted by Gasteiger charge is 2.14. The number of fused-ring (bicyclic) bond motifs is 1. The van der Waals surface area contributed by atoms with E-state index in [4.69, 9.17) is 4.42 Å². The number of hydrogen-bond donors (Lipinski definition) is 1. The fourth-order valence-electron chi connectivity index (χ4n) is 2.30.